The van der Waals surface area contributed by atoms with Gasteiger partial charge in [0.25, 0.3) is 0 Å². The van der Waals surface area contributed by atoms with Crippen LogP contribution < -0.4 is 5.32 Å². The molecule has 0 saturated heterocycles. The highest BCUT2D eigenvalue weighted by atomic mass is 35.5. The van der Waals surface area contributed by atoms with Gasteiger partial charge in [0.1, 0.15) is 0 Å². The van der Waals surface area contributed by atoms with Crippen LogP contribution >= 0.6 is 11.6 Å². The summed E-state index contributed by atoms with van der Waals surface area (Å²) in [7, 11) is 0. The van der Waals surface area contributed by atoms with Crippen molar-refractivity contribution >= 4 is 18.0 Å². The molecule has 0 rings (SSSR count). The minimum absolute atomic E-state index is 1.06. The molecule has 1 atom stereocenters. The van der Waals surface area contributed by atoms with Crippen LogP contribution in [0.2, 0.25) is 0 Å². The van der Waals surface area contributed by atoms with Gasteiger partial charge in [0.2, 0.25) is 5.75 Å². The van der Waals surface area contributed by atoms with E-state index in [0.29, 0.717) is 0 Å². The summed E-state index contributed by atoms with van der Waals surface area (Å²) < 4.78 is 11.1. The maximum absolute atomic E-state index is 11.1. The van der Waals surface area contributed by atoms with E-state index >= 15 is 0 Å². The normalized spacial score (nSPS) is 13.0. The van der Waals surface area contributed by atoms with Gasteiger partial charge in [0, 0.05) is 0 Å². The number of rotatable bonds is 2. The predicted molar refractivity (Wildman–Crippen MR) is 19.6 cm³/mol. The van der Waals surface area contributed by atoms with Gasteiger partial charge in [-0.05, 0) is 0 Å². The number of amides is 1. The summed E-state index contributed by atoms with van der Waals surface area (Å²) in [6, 6.07) is 0. The first-order chi connectivity index (χ1) is 2.77. The standard InChI is InChI=1S/C2H2ClFNO/c3-2(4)5-1-6/h2H,(H,5,6). The Balaban J connectivity index is 2.81. The van der Waals surface area contributed by atoms with Gasteiger partial charge in [0.15, 0.2) is 0 Å². The van der Waals surface area contributed by atoms with E-state index in [-0.39, 0.29) is 0 Å². The molecule has 0 aromatic heterocycles. The lowest BCUT2D eigenvalue weighted by atomic mass is 11.2. The van der Waals surface area contributed by atoms with Crippen LogP contribution in [0.25, 0.3) is 0 Å². The molecule has 0 fully saturated rings. The quantitative estimate of drug-likeness (QED) is 0.306. The number of hydrogen-bond acceptors (Lipinski definition) is 1. The Morgan fingerprint density at radius 2 is 2.50 bits per heavy atom. The summed E-state index contributed by atoms with van der Waals surface area (Å²) in [4.78, 5) is 9.05. The summed E-state index contributed by atoms with van der Waals surface area (Å²) in [6.45, 7) is 0. The van der Waals surface area contributed by atoms with Crippen LogP contribution in [0.1, 0.15) is 0 Å². The Bertz CT molecular complexity index is 48.8. The van der Waals surface area contributed by atoms with Crippen LogP contribution in [0.4, 0.5) is 4.39 Å². The number of alkyl halides is 2. The second-order valence-corrected chi connectivity index (χ2v) is 0.930. The average Bonchev–Trinajstić information content (AvgIpc) is 1.35. The molecule has 0 bridgehead atoms. The molecule has 2 nitrogen and oxygen atoms in total. The van der Waals surface area contributed by atoms with E-state index in [1.54, 1.807) is 0 Å². The van der Waals surface area contributed by atoms with Gasteiger partial charge in [-0.2, -0.15) is 0 Å². The Hall–Kier alpha value is -0.310. The highest BCUT2D eigenvalue weighted by Crippen LogP contribution is 1.85. The van der Waals surface area contributed by atoms with Crippen molar-refractivity contribution in [1.82, 2.24) is 5.32 Å². The third kappa shape index (κ3) is 3.69. The molecule has 0 aliphatic carbocycles. The molecule has 0 aromatic rings. The summed E-state index contributed by atoms with van der Waals surface area (Å²) >= 11 is 4.54. The molecule has 0 heterocycles. The van der Waals surface area contributed by atoms with Crippen LogP contribution in [-0.2, 0) is 4.79 Å². The summed E-state index contributed by atoms with van der Waals surface area (Å²) in [6.07, 6.45) is 1.06. The van der Waals surface area contributed by atoms with E-state index in [1.165, 1.54) is 5.32 Å². The molecule has 0 aliphatic rings. The molecular weight excluding hydrogens is 108 g/mol. The van der Waals surface area contributed by atoms with Crippen molar-refractivity contribution < 1.29 is 9.18 Å². The van der Waals surface area contributed by atoms with Crippen molar-refractivity contribution in [2.75, 3.05) is 0 Å². The van der Waals surface area contributed by atoms with Crippen molar-refractivity contribution in [2.24, 2.45) is 0 Å². The van der Waals surface area contributed by atoms with Gasteiger partial charge in [-0.1, -0.05) is 11.6 Å². The zero-order chi connectivity index (χ0) is 4.99. The van der Waals surface area contributed by atoms with Gasteiger partial charge in [-0.3, -0.25) is 4.79 Å². The van der Waals surface area contributed by atoms with Crippen molar-refractivity contribution in [3.63, 3.8) is 0 Å². The average molecular weight is 110 g/mol. The maximum atomic E-state index is 11.1. The van der Waals surface area contributed by atoms with E-state index < -0.39 is 5.75 Å². The van der Waals surface area contributed by atoms with Crippen molar-refractivity contribution in [1.29, 1.82) is 0 Å². The highest BCUT2D eigenvalue weighted by molar-refractivity contribution is 6.19. The SMILES string of the molecule is O=[C]NC(F)Cl. The van der Waals surface area contributed by atoms with Gasteiger partial charge < -0.3 is 5.32 Å². The Kier molecular flexibility index (Phi) is 2.75. The van der Waals surface area contributed by atoms with Gasteiger partial charge in [0.05, 0.1) is 0 Å². The van der Waals surface area contributed by atoms with Crippen LogP contribution in [0.3, 0.4) is 0 Å². The van der Waals surface area contributed by atoms with Crippen LogP contribution in [-0.4, -0.2) is 12.2 Å². The first kappa shape index (κ1) is 5.69. The molecular formula is C2H2ClFNO. The van der Waals surface area contributed by atoms with E-state index in [2.05, 4.69) is 11.6 Å². The van der Waals surface area contributed by atoms with E-state index in [4.69, 9.17) is 4.79 Å². The van der Waals surface area contributed by atoms with Crippen molar-refractivity contribution in [2.45, 2.75) is 5.75 Å². The topological polar surface area (TPSA) is 29.1 Å². The van der Waals surface area contributed by atoms with Gasteiger partial charge in [-0.15, -0.1) is 0 Å². The minimum atomic E-state index is -1.80. The molecule has 0 spiro atoms. The Labute approximate surface area is 39.3 Å². The van der Waals surface area contributed by atoms with Crippen LogP contribution in [0.5, 0.6) is 0 Å². The lowest BCUT2D eigenvalue weighted by Crippen LogP contribution is -2.15. The molecule has 0 aliphatic heterocycles. The summed E-state index contributed by atoms with van der Waals surface area (Å²) in [5.74, 6) is -1.80. The molecule has 6 heavy (non-hydrogen) atoms. The fourth-order valence-corrected chi connectivity index (χ4v) is 0.0891. The van der Waals surface area contributed by atoms with Gasteiger partial charge in [-0.25, -0.2) is 4.39 Å². The fraction of sp³-hybridized carbons (Fsp3) is 0.500. The highest BCUT2D eigenvalue weighted by Gasteiger charge is 1.91. The second-order valence-electron chi connectivity index (χ2n) is 0.547. The first-order valence-corrected chi connectivity index (χ1v) is 1.62. The molecule has 4 heteroatoms. The zero-order valence-corrected chi connectivity index (χ0v) is 3.50. The summed E-state index contributed by atoms with van der Waals surface area (Å²) in [5.41, 5.74) is 0. The first-order valence-electron chi connectivity index (χ1n) is 1.18. The Morgan fingerprint density at radius 1 is 2.00 bits per heavy atom. The largest absolute Gasteiger partial charge is 0.312 e. The van der Waals surface area contributed by atoms with Crippen LogP contribution in [0.15, 0.2) is 0 Å². The van der Waals surface area contributed by atoms with Gasteiger partial charge >= 0.3 is 6.41 Å². The Morgan fingerprint density at radius 3 is 2.50 bits per heavy atom. The number of hydrogen-bond donors (Lipinski definition) is 1. The second kappa shape index (κ2) is 2.90. The summed E-state index contributed by atoms with van der Waals surface area (Å²) in [5, 5.41) is 1.50. The van der Waals surface area contributed by atoms with E-state index in [9.17, 15) is 4.39 Å². The van der Waals surface area contributed by atoms with Crippen molar-refractivity contribution in [3.8, 4) is 0 Å². The molecule has 0 aromatic carbocycles. The predicted octanol–water partition coefficient (Wildman–Crippen LogP) is 0.135. The minimum Gasteiger partial charge on any atom is -0.306 e. The molecule has 1 amide bonds. The molecule has 35 valence electrons. The third-order valence-corrected chi connectivity index (χ3v) is 0.277. The number of carbonyl (C=O) groups excluding carboxylic acids is 1. The molecule has 1 N–H and O–H groups in total. The van der Waals surface area contributed by atoms with E-state index in [1.807, 2.05) is 0 Å². The zero-order valence-electron chi connectivity index (χ0n) is 2.74. The molecule has 0 saturated carbocycles. The lowest BCUT2D eigenvalue weighted by molar-refractivity contribution is 0.409. The van der Waals surface area contributed by atoms with Crippen LogP contribution in [0, 0.1) is 0 Å². The lowest BCUT2D eigenvalue weighted by Gasteiger charge is -1.87. The third-order valence-electron chi connectivity index (χ3n) is 0.168. The maximum Gasteiger partial charge on any atom is 0.312 e. The molecule has 1 radical (unpaired) electrons. The van der Waals surface area contributed by atoms with Crippen molar-refractivity contribution in [3.05, 3.63) is 0 Å². The monoisotopic (exact) mass is 110 g/mol. The smallest absolute Gasteiger partial charge is 0.306 e. The fourth-order valence-electron chi connectivity index (χ4n) is 0.0445. The van der Waals surface area contributed by atoms with E-state index in [0.717, 1.165) is 6.41 Å². The number of nitrogens with one attached hydrogen (secondary N) is 1. The number of halogens is 2. The molecule has 1 unspecified atom stereocenters.